The molecule has 2 rings (SSSR count). The van der Waals surface area contributed by atoms with Crippen LogP contribution < -0.4 is 10.1 Å². The molecule has 0 aliphatic rings. The number of halogens is 3. The first-order chi connectivity index (χ1) is 10.1. The normalized spacial score (nSPS) is 10.0. The van der Waals surface area contributed by atoms with Gasteiger partial charge in [-0.1, -0.05) is 21.9 Å². The molecule has 0 fully saturated rings. The Labute approximate surface area is 145 Å². The summed E-state index contributed by atoms with van der Waals surface area (Å²) in [5.74, 6) is 2.94. The van der Waals surface area contributed by atoms with E-state index in [0.717, 1.165) is 25.0 Å². The molecule has 0 heterocycles. The fourth-order valence-electron chi connectivity index (χ4n) is 1.77. The molecule has 2 nitrogen and oxygen atoms in total. The van der Waals surface area contributed by atoms with Crippen LogP contribution >= 0.6 is 38.5 Å². The van der Waals surface area contributed by atoms with Crippen LogP contribution in [0.1, 0.15) is 5.56 Å². The van der Waals surface area contributed by atoms with Crippen LogP contribution in [0.15, 0.2) is 40.9 Å². The topological polar surface area (TPSA) is 21.3 Å². The molecule has 0 radical (unpaired) electrons. The molecule has 1 N–H and O–H groups in total. The zero-order valence-corrected chi connectivity index (χ0v) is 14.7. The van der Waals surface area contributed by atoms with Crippen molar-refractivity contribution in [1.29, 1.82) is 0 Å². The molecule has 108 valence electrons. The first-order valence-electron chi connectivity index (χ1n) is 6.14. The second-order valence-corrected chi connectivity index (χ2v) is 6.30. The van der Waals surface area contributed by atoms with Gasteiger partial charge in [0.25, 0.3) is 0 Å². The van der Waals surface area contributed by atoms with Gasteiger partial charge in [-0.05, 0) is 59.0 Å². The number of nitrogens with one attached hydrogen (secondary N) is 1. The van der Waals surface area contributed by atoms with Crippen molar-refractivity contribution in [3.8, 4) is 18.1 Å². The van der Waals surface area contributed by atoms with Crippen molar-refractivity contribution in [2.24, 2.45) is 0 Å². The van der Waals surface area contributed by atoms with Crippen molar-refractivity contribution in [2.45, 2.75) is 6.54 Å². The van der Waals surface area contributed by atoms with E-state index in [2.05, 4.69) is 49.8 Å². The van der Waals surface area contributed by atoms with Crippen LogP contribution in [0.2, 0.25) is 0 Å². The highest BCUT2D eigenvalue weighted by Gasteiger charge is 2.06. The van der Waals surface area contributed by atoms with Gasteiger partial charge in [-0.15, -0.1) is 6.42 Å². The largest absolute Gasteiger partial charge is 0.481 e. The van der Waals surface area contributed by atoms with Crippen LogP contribution in [0.5, 0.6) is 5.75 Å². The summed E-state index contributed by atoms with van der Waals surface area (Å²) in [5, 5.41) is 3.27. The first-order valence-corrected chi connectivity index (χ1v) is 8.01. The smallest absolute Gasteiger partial charge is 0.148 e. The number of anilines is 1. The zero-order chi connectivity index (χ0) is 15.2. The summed E-state index contributed by atoms with van der Waals surface area (Å²) < 4.78 is 20.4. The molecule has 0 unspecified atom stereocenters. The summed E-state index contributed by atoms with van der Waals surface area (Å²) in [7, 11) is 0. The number of hydrogen-bond donors (Lipinski definition) is 1. The standard InChI is InChI=1S/C16H12BrFINO/c1-2-7-21-16-6-3-12(17)8-11(16)10-20-15-5-4-13(18)9-14(15)19/h1,3-6,8-9,20H,7,10H2. The maximum atomic E-state index is 13.1. The highest BCUT2D eigenvalue weighted by Crippen LogP contribution is 2.25. The lowest BCUT2D eigenvalue weighted by atomic mass is 10.2. The van der Waals surface area contributed by atoms with Crippen LogP contribution in [0.25, 0.3) is 0 Å². The van der Waals surface area contributed by atoms with E-state index in [9.17, 15) is 4.39 Å². The minimum Gasteiger partial charge on any atom is -0.481 e. The van der Waals surface area contributed by atoms with E-state index in [4.69, 9.17) is 11.2 Å². The molecule has 0 saturated carbocycles. The van der Waals surface area contributed by atoms with Crippen molar-refractivity contribution < 1.29 is 9.13 Å². The van der Waals surface area contributed by atoms with Crippen LogP contribution in [0.4, 0.5) is 10.1 Å². The number of benzene rings is 2. The third-order valence-electron chi connectivity index (χ3n) is 2.73. The van der Waals surface area contributed by atoms with Crippen molar-refractivity contribution in [3.63, 3.8) is 0 Å². The average molecular weight is 460 g/mol. The predicted octanol–water partition coefficient (Wildman–Crippen LogP) is 4.82. The van der Waals surface area contributed by atoms with Gasteiger partial charge >= 0.3 is 0 Å². The Kier molecular flexibility index (Phi) is 5.88. The number of hydrogen-bond acceptors (Lipinski definition) is 2. The summed E-state index contributed by atoms with van der Waals surface area (Å²) >= 11 is 5.54. The van der Waals surface area contributed by atoms with E-state index in [1.807, 2.05) is 18.2 Å². The monoisotopic (exact) mass is 459 g/mol. The van der Waals surface area contributed by atoms with E-state index in [-0.39, 0.29) is 12.4 Å². The van der Waals surface area contributed by atoms with E-state index in [1.54, 1.807) is 6.07 Å². The second kappa shape index (κ2) is 7.66. The summed E-state index contributed by atoms with van der Waals surface area (Å²) in [4.78, 5) is 0. The molecule has 5 heteroatoms. The van der Waals surface area contributed by atoms with Gasteiger partial charge in [0.15, 0.2) is 0 Å². The van der Waals surface area contributed by atoms with Crippen LogP contribution in [0.3, 0.4) is 0 Å². The highest BCUT2D eigenvalue weighted by molar-refractivity contribution is 14.1. The van der Waals surface area contributed by atoms with Gasteiger partial charge in [-0.25, -0.2) is 4.39 Å². The van der Waals surface area contributed by atoms with Gasteiger partial charge in [0.1, 0.15) is 18.2 Å². The minimum atomic E-state index is -0.245. The molecular weight excluding hydrogens is 448 g/mol. The van der Waals surface area contributed by atoms with Gasteiger partial charge in [-0.3, -0.25) is 0 Å². The quantitative estimate of drug-likeness (QED) is 0.511. The summed E-state index contributed by atoms with van der Waals surface area (Å²) in [6.45, 7) is 0.781. The third kappa shape index (κ3) is 4.61. The number of terminal acetylenes is 1. The molecule has 0 atom stereocenters. The molecule has 0 aliphatic heterocycles. The molecular formula is C16H12BrFINO. The van der Waals surface area contributed by atoms with E-state index in [1.165, 1.54) is 12.1 Å². The Bertz CT molecular complexity index is 684. The molecule has 2 aromatic carbocycles. The fourth-order valence-corrected chi connectivity index (χ4v) is 2.85. The second-order valence-electron chi connectivity index (χ2n) is 4.22. The van der Waals surface area contributed by atoms with Crippen molar-refractivity contribution in [3.05, 3.63) is 55.8 Å². The molecule has 0 aliphatic carbocycles. The molecule has 0 aromatic heterocycles. The molecule has 2 aromatic rings. The highest BCUT2D eigenvalue weighted by atomic mass is 127. The Morgan fingerprint density at radius 2 is 2.10 bits per heavy atom. The lowest BCUT2D eigenvalue weighted by Gasteiger charge is -2.13. The Morgan fingerprint density at radius 1 is 1.29 bits per heavy atom. The molecule has 0 saturated heterocycles. The summed E-state index contributed by atoms with van der Waals surface area (Å²) in [5.41, 5.74) is 1.85. The van der Waals surface area contributed by atoms with Gasteiger partial charge < -0.3 is 10.1 Å². The van der Waals surface area contributed by atoms with Crippen LogP contribution in [-0.4, -0.2) is 6.61 Å². The Hall–Kier alpha value is -1.26. The van der Waals surface area contributed by atoms with Gasteiger partial charge in [0.05, 0.1) is 0 Å². The maximum absolute atomic E-state index is 13.1. The van der Waals surface area contributed by atoms with Gasteiger partial charge in [-0.2, -0.15) is 0 Å². The first kappa shape index (κ1) is 16.1. The van der Waals surface area contributed by atoms with Crippen molar-refractivity contribution in [2.75, 3.05) is 11.9 Å². The number of rotatable bonds is 5. The zero-order valence-electron chi connectivity index (χ0n) is 11.0. The van der Waals surface area contributed by atoms with E-state index >= 15 is 0 Å². The van der Waals surface area contributed by atoms with E-state index in [0.29, 0.717) is 6.54 Å². The van der Waals surface area contributed by atoms with Crippen molar-refractivity contribution >= 4 is 44.2 Å². The molecule has 0 spiro atoms. The third-order valence-corrected chi connectivity index (χ3v) is 4.12. The Balaban J connectivity index is 2.15. The fraction of sp³-hybridized carbons (Fsp3) is 0.125. The molecule has 0 amide bonds. The van der Waals surface area contributed by atoms with Crippen LogP contribution in [-0.2, 0) is 6.54 Å². The molecule has 0 bridgehead atoms. The maximum Gasteiger partial charge on any atom is 0.148 e. The minimum absolute atomic E-state index is 0.225. The SMILES string of the molecule is C#CCOc1ccc(Br)cc1CNc1ccc(F)cc1I. The summed E-state index contributed by atoms with van der Waals surface area (Å²) in [6, 6.07) is 10.4. The van der Waals surface area contributed by atoms with Crippen molar-refractivity contribution in [1.82, 2.24) is 0 Å². The number of ether oxygens (including phenoxy) is 1. The Morgan fingerprint density at radius 3 is 2.81 bits per heavy atom. The van der Waals surface area contributed by atoms with Crippen LogP contribution in [0, 0.1) is 21.7 Å². The lowest BCUT2D eigenvalue weighted by molar-refractivity contribution is 0.366. The van der Waals surface area contributed by atoms with Gasteiger partial charge in [0.2, 0.25) is 0 Å². The van der Waals surface area contributed by atoms with Gasteiger partial charge in [0, 0.05) is 25.8 Å². The summed E-state index contributed by atoms with van der Waals surface area (Å²) in [6.07, 6.45) is 5.22. The van der Waals surface area contributed by atoms with E-state index < -0.39 is 0 Å². The lowest BCUT2D eigenvalue weighted by Crippen LogP contribution is -2.05. The molecule has 21 heavy (non-hydrogen) atoms. The predicted molar refractivity (Wildman–Crippen MR) is 94.9 cm³/mol. The average Bonchev–Trinajstić information content (AvgIpc) is 2.45.